The lowest BCUT2D eigenvalue weighted by Gasteiger charge is -1.93. The van der Waals surface area contributed by atoms with Crippen LogP contribution in [0.25, 0.3) is 0 Å². The monoisotopic (exact) mass is 121 g/mol. The lowest BCUT2D eigenvalue weighted by Crippen LogP contribution is -1.87. The van der Waals surface area contributed by atoms with Gasteiger partial charge in [0.05, 0.1) is 0 Å². The Morgan fingerprint density at radius 2 is 2.29 bits per heavy atom. The van der Waals surface area contributed by atoms with Crippen LogP contribution in [-0.2, 0) is 0 Å². The van der Waals surface area contributed by atoms with Crippen molar-refractivity contribution < 1.29 is 4.48 Å². The van der Waals surface area contributed by atoms with Crippen LogP contribution in [0, 0.1) is 0 Å². The molecule has 0 radical (unpaired) electrons. The molecule has 0 heterocycles. The molecule has 0 saturated carbocycles. The summed E-state index contributed by atoms with van der Waals surface area (Å²) in [7, 11) is 1.35. The van der Waals surface area contributed by atoms with E-state index in [0.29, 0.717) is 4.53 Å². The fourth-order valence-corrected chi connectivity index (χ4v) is 0.434. The van der Waals surface area contributed by atoms with Gasteiger partial charge in [0.15, 0.2) is 0 Å². The van der Waals surface area contributed by atoms with Gasteiger partial charge in [-0.25, -0.2) is 0 Å². The molecule has 0 aromatic carbocycles. The Kier molecular flexibility index (Phi) is 4.14. The van der Waals surface area contributed by atoms with Crippen LogP contribution < -0.4 is 0 Å². The SMILES string of the molecule is CC=CSN(C)F. The topological polar surface area (TPSA) is 3.24 Å². The fraction of sp³-hybridized carbons (Fsp3) is 0.500. The van der Waals surface area contributed by atoms with Crippen LogP contribution in [0.15, 0.2) is 11.5 Å². The van der Waals surface area contributed by atoms with Crippen molar-refractivity contribution >= 4 is 11.9 Å². The molecule has 0 aliphatic carbocycles. The van der Waals surface area contributed by atoms with E-state index in [2.05, 4.69) is 0 Å². The lowest BCUT2D eigenvalue weighted by molar-refractivity contribution is 0.202. The molecule has 0 atom stereocenters. The maximum atomic E-state index is 11.6. The molecule has 0 N–H and O–H groups in total. The second-order valence-electron chi connectivity index (χ2n) is 0.995. The maximum absolute atomic E-state index is 11.6. The summed E-state index contributed by atoms with van der Waals surface area (Å²) in [6, 6.07) is 0. The normalized spacial score (nSPS) is 11.4. The highest BCUT2D eigenvalue weighted by Gasteiger charge is 1.83. The van der Waals surface area contributed by atoms with Gasteiger partial charge in [-0.1, -0.05) is 10.6 Å². The van der Waals surface area contributed by atoms with Crippen molar-refractivity contribution in [3.05, 3.63) is 11.5 Å². The highest BCUT2D eigenvalue weighted by molar-refractivity contribution is 7.99. The van der Waals surface area contributed by atoms with Gasteiger partial charge in [-0.3, -0.25) is 0 Å². The fourth-order valence-electron chi connectivity index (χ4n) is 0.145. The molecule has 0 bridgehead atoms. The van der Waals surface area contributed by atoms with Gasteiger partial charge in [-0.2, -0.15) is 0 Å². The van der Waals surface area contributed by atoms with E-state index >= 15 is 0 Å². The summed E-state index contributed by atoms with van der Waals surface area (Å²) >= 11 is 1.02. The van der Waals surface area contributed by atoms with Gasteiger partial charge in [0.25, 0.3) is 0 Å². The predicted molar refractivity (Wildman–Crippen MR) is 31.3 cm³/mol. The second kappa shape index (κ2) is 4.15. The molecule has 0 aliphatic heterocycles. The highest BCUT2D eigenvalue weighted by atomic mass is 32.2. The number of allylic oxidation sites excluding steroid dienone is 1. The summed E-state index contributed by atoms with van der Waals surface area (Å²) < 4.78 is 12.2. The largest absolute Gasteiger partial charge is 0.123 e. The summed E-state index contributed by atoms with van der Waals surface area (Å²) in [6.45, 7) is 1.84. The van der Waals surface area contributed by atoms with Crippen LogP contribution in [0.3, 0.4) is 0 Å². The molecule has 1 nitrogen and oxygen atoms in total. The Hall–Kier alpha value is -0.0200. The Morgan fingerprint density at radius 3 is 2.43 bits per heavy atom. The molecule has 0 amide bonds. The molecular weight excluding hydrogens is 113 g/mol. The predicted octanol–water partition coefficient (Wildman–Crippen LogP) is 1.98. The molecule has 0 spiro atoms. The average molecular weight is 121 g/mol. The summed E-state index contributed by atoms with van der Waals surface area (Å²) in [5, 5.41) is 1.67. The molecule has 0 rings (SSSR count). The van der Waals surface area contributed by atoms with Gasteiger partial charge >= 0.3 is 0 Å². The van der Waals surface area contributed by atoms with Crippen molar-refractivity contribution in [1.29, 1.82) is 0 Å². The van der Waals surface area contributed by atoms with Crippen molar-refractivity contribution in [1.82, 2.24) is 4.53 Å². The zero-order chi connectivity index (χ0) is 5.70. The van der Waals surface area contributed by atoms with Crippen molar-refractivity contribution in [2.45, 2.75) is 6.92 Å². The number of rotatable bonds is 2. The van der Waals surface area contributed by atoms with E-state index in [1.165, 1.54) is 7.05 Å². The number of hydrogen-bond donors (Lipinski definition) is 0. The first-order chi connectivity index (χ1) is 3.27. The minimum absolute atomic E-state index is 0.542. The van der Waals surface area contributed by atoms with E-state index in [-0.39, 0.29) is 0 Å². The smallest absolute Gasteiger partial charge is 0.0297 e. The van der Waals surface area contributed by atoms with Crippen molar-refractivity contribution in [3.63, 3.8) is 0 Å². The second-order valence-corrected chi connectivity index (χ2v) is 1.98. The first-order valence-electron chi connectivity index (χ1n) is 1.95. The van der Waals surface area contributed by atoms with E-state index in [1.54, 1.807) is 11.5 Å². The summed E-state index contributed by atoms with van der Waals surface area (Å²) in [5.41, 5.74) is 0. The molecule has 7 heavy (non-hydrogen) atoms. The molecular formula is C4H8FNS. The molecule has 0 aromatic heterocycles. The van der Waals surface area contributed by atoms with E-state index in [4.69, 9.17) is 0 Å². The third kappa shape index (κ3) is 5.98. The zero-order valence-corrected chi connectivity index (χ0v) is 5.20. The van der Waals surface area contributed by atoms with Crippen LogP contribution in [0.4, 0.5) is 4.48 Å². The van der Waals surface area contributed by atoms with Crippen molar-refractivity contribution in [2.75, 3.05) is 7.05 Å². The van der Waals surface area contributed by atoms with Gasteiger partial charge in [0.2, 0.25) is 0 Å². The van der Waals surface area contributed by atoms with E-state index < -0.39 is 0 Å². The van der Waals surface area contributed by atoms with Crippen molar-refractivity contribution in [2.24, 2.45) is 0 Å². The third-order valence-corrected chi connectivity index (χ3v) is 1.03. The first-order valence-corrected chi connectivity index (χ1v) is 2.78. The third-order valence-electron chi connectivity index (χ3n) is 0.342. The minimum atomic E-state index is 0.542. The van der Waals surface area contributed by atoms with Gasteiger partial charge in [-0.05, 0) is 24.3 Å². The van der Waals surface area contributed by atoms with Gasteiger partial charge < -0.3 is 0 Å². The number of halogens is 1. The summed E-state index contributed by atoms with van der Waals surface area (Å²) in [4.78, 5) is 0. The molecule has 0 aliphatic rings. The van der Waals surface area contributed by atoms with E-state index in [0.717, 1.165) is 11.9 Å². The number of nitrogens with zero attached hydrogens (tertiary/aromatic N) is 1. The van der Waals surface area contributed by atoms with E-state index in [9.17, 15) is 4.48 Å². The zero-order valence-electron chi connectivity index (χ0n) is 4.39. The summed E-state index contributed by atoms with van der Waals surface area (Å²) in [6.07, 6.45) is 1.78. The molecule has 3 heteroatoms. The Balaban J connectivity index is 2.97. The van der Waals surface area contributed by atoms with Crippen LogP contribution >= 0.6 is 11.9 Å². The van der Waals surface area contributed by atoms with Crippen LogP contribution in [0.5, 0.6) is 0 Å². The summed E-state index contributed by atoms with van der Waals surface area (Å²) in [5.74, 6) is 0. The minimum Gasteiger partial charge on any atom is -0.123 e. The average Bonchev–Trinajstić information content (AvgIpc) is 1.61. The van der Waals surface area contributed by atoms with Gasteiger partial charge in [0, 0.05) is 7.05 Å². The van der Waals surface area contributed by atoms with Crippen LogP contribution in [0.2, 0.25) is 0 Å². The van der Waals surface area contributed by atoms with E-state index in [1.807, 2.05) is 6.92 Å². The van der Waals surface area contributed by atoms with Crippen LogP contribution in [-0.4, -0.2) is 11.6 Å². The molecule has 42 valence electrons. The Bertz CT molecular complexity index is 62.7. The first kappa shape index (κ1) is 6.98. The standard InChI is InChI=1S/C4H8FNS/c1-3-4-7-6(2)5/h3-4H,1-2H3. The molecule has 0 aromatic rings. The lowest BCUT2D eigenvalue weighted by atomic mass is 10.8. The quantitative estimate of drug-likeness (QED) is 0.406. The van der Waals surface area contributed by atoms with Gasteiger partial charge in [-0.15, -0.1) is 4.48 Å². The van der Waals surface area contributed by atoms with Gasteiger partial charge in [0.1, 0.15) is 0 Å². The molecule has 0 fully saturated rings. The Morgan fingerprint density at radius 1 is 1.71 bits per heavy atom. The number of hydrogen-bond acceptors (Lipinski definition) is 2. The van der Waals surface area contributed by atoms with Crippen LogP contribution in [0.1, 0.15) is 6.92 Å². The Labute approximate surface area is 47.3 Å². The highest BCUT2D eigenvalue weighted by Crippen LogP contribution is 2.06. The molecule has 0 unspecified atom stereocenters. The molecule has 0 saturated heterocycles. The van der Waals surface area contributed by atoms with Crippen molar-refractivity contribution in [3.8, 4) is 0 Å². The maximum Gasteiger partial charge on any atom is 0.0297 e.